The lowest BCUT2D eigenvalue weighted by atomic mass is 9.81. The topological polar surface area (TPSA) is 49.9 Å². The van der Waals surface area contributed by atoms with Gasteiger partial charge >= 0.3 is 0 Å². The molecule has 1 unspecified atom stereocenters. The van der Waals surface area contributed by atoms with Crippen molar-refractivity contribution in [3.8, 4) is 0 Å². The first kappa shape index (κ1) is 14.8. The van der Waals surface area contributed by atoms with Gasteiger partial charge in [0.2, 0.25) is 11.8 Å². The molecular weight excluding hydrogens is 268 g/mol. The molecule has 5 nitrogen and oxygen atoms in total. The second-order valence-corrected chi connectivity index (χ2v) is 7.03. The number of amides is 2. The predicted molar refractivity (Wildman–Crippen MR) is 78.7 cm³/mol. The smallest absolute Gasteiger partial charge is 0.245 e. The van der Waals surface area contributed by atoms with Gasteiger partial charge in [-0.05, 0) is 37.5 Å². The molecule has 3 rings (SSSR count). The van der Waals surface area contributed by atoms with Gasteiger partial charge in [0.1, 0.15) is 6.04 Å². The molecule has 1 atom stereocenters. The van der Waals surface area contributed by atoms with Gasteiger partial charge in [-0.25, -0.2) is 0 Å². The van der Waals surface area contributed by atoms with E-state index in [4.69, 9.17) is 4.74 Å². The zero-order valence-corrected chi connectivity index (χ0v) is 13.0. The van der Waals surface area contributed by atoms with Crippen molar-refractivity contribution in [2.45, 2.75) is 51.5 Å². The molecule has 3 saturated heterocycles. The monoisotopic (exact) mass is 294 g/mol. The Balaban J connectivity index is 1.73. The van der Waals surface area contributed by atoms with Gasteiger partial charge in [0.15, 0.2) is 0 Å². The second-order valence-electron chi connectivity index (χ2n) is 7.03. The van der Waals surface area contributed by atoms with Crippen molar-refractivity contribution >= 4 is 11.8 Å². The van der Waals surface area contributed by atoms with E-state index in [1.807, 2.05) is 9.80 Å². The third-order valence-corrected chi connectivity index (χ3v) is 5.29. The van der Waals surface area contributed by atoms with Crippen LogP contribution in [0.15, 0.2) is 0 Å². The van der Waals surface area contributed by atoms with E-state index in [2.05, 4.69) is 6.92 Å². The number of fused-ring (bicyclic) bond motifs is 1. The average Bonchev–Trinajstić information content (AvgIpc) is 2.61. The van der Waals surface area contributed by atoms with Crippen molar-refractivity contribution < 1.29 is 14.3 Å². The zero-order chi connectivity index (χ0) is 14.9. The molecule has 0 aliphatic carbocycles. The zero-order valence-electron chi connectivity index (χ0n) is 13.0. The third-order valence-electron chi connectivity index (χ3n) is 5.29. The highest BCUT2D eigenvalue weighted by Gasteiger charge is 2.40. The average molecular weight is 294 g/mol. The van der Waals surface area contributed by atoms with Gasteiger partial charge in [0.25, 0.3) is 0 Å². The van der Waals surface area contributed by atoms with Crippen LogP contribution in [0.5, 0.6) is 0 Å². The summed E-state index contributed by atoms with van der Waals surface area (Å²) < 4.78 is 5.44. The van der Waals surface area contributed by atoms with E-state index in [0.717, 1.165) is 58.4 Å². The Bertz CT molecular complexity index is 418. The predicted octanol–water partition coefficient (Wildman–Crippen LogP) is 1.42. The summed E-state index contributed by atoms with van der Waals surface area (Å²) in [5.74, 6) is 0.334. The number of carbonyl (C=O) groups excluding carboxylic acids is 2. The van der Waals surface area contributed by atoms with Crippen molar-refractivity contribution in [3.63, 3.8) is 0 Å². The lowest BCUT2D eigenvalue weighted by Crippen LogP contribution is -2.51. The molecule has 21 heavy (non-hydrogen) atoms. The van der Waals surface area contributed by atoms with Gasteiger partial charge in [-0.15, -0.1) is 0 Å². The summed E-state index contributed by atoms with van der Waals surface area (Å²) in [5.41, 5.74) is 0.140. The van der Waals surface area contributed by atoms with Crippen LogP contribution in [0.2, 0.25) is 0 Å². The second kappa shape index (κ2) is 5.95. The van der Waals surface area contributed by atoms with Crippen LogP contribution in [0.1, 0.15) is 45.4 Å². The first-order chi connectivity index (χ1) is 10.1. The van der Waals surface area contributed by atoms with Crippen LogP contribution in [-0.2, 0) is 14.3 Å². The maximum absolute atomic E-state index is 12.8. The molecule has 0 N–H and O–H groups in total. The summed E-state index contributed by atoms with van der Waals surface area (Å²) in [6.45, 7) is 5.93. The minimum atomic E-state index is -0.197. The molecular formula is C16H26N2O3. The van der Waals surface area contributed by atoms with Crippen molar-refractivity contribution in [1.82, 2.24) is 9.80 Å². The normalized spacial score (nSPS) is 30.0. The summed E-state index contributed by atoms with van der Waals surface area (Å²) in [5, 5.41) is 0. The van der Waals surface area contributed by atoms with Crippen molar-refractivity contribution in [2.75, 3.05) is 32.8 Å². The number of hydrogen-bond acceptors (Lipinski definition) is 3. The van der Waals surface area contributed by atoms with Crippen molar-refractivity contribution in [3.05, 3.63) is 0 Å². The lowest BCUT2D eigenvalue weighted by Gasteiger charge is -2.39. The van der Waals surface area contributed by atoms with Gasteiger partial charge < -0.3 is 14.5 Å². The van der Waals surface area contributed by atoms with Crippen LogP contribution >= 0.6 is 0 Å². The number of carbonyl (C=O) groups is 2. The fourth-order valence-electron chi connectivity index (χ4n) is 3.82. The van der Waals surface area contributed by atoms with E-state index in [0.29, 0.717) is 13.0 Å². The minimum Gasteiger partial charge on any atom is -0.381 e. The molecule has 3 heterocycles. The van der Waals surface area contributed by atoms with E-state index in [9.17, 15) is 9.59 Å². The SMILES string of the molecule is CC1(CN2CCC(=O)N3CCCCC3C2=O)CCOCC1. The number of hydrogen-bond donors (Lipinski definition) is 0. The Morgan fingerprint density at radius 2 is 1.95 bits per heavy atom. The maximum atomic E-state index is 12.8. The van der Waals surface area contributed by atoms with E-state index in [1.165, 1.54) is 0 Å². The molecule has 3 aliphatic rings. The van der Waals surface area contributed by atoms with E-state index < -0.39 is 0 Å². The Morgan fingerprint density at radius 1 is 1.19 bits per heavy atom. The highest BCUT2D eigenvalue weighted by atomic mass is 16.5. The van der Waals surface area contributed by atoms with E-state index >= 15 is 0 Å². The Morgan fingerprint density at radius 3 is 2.71 bits per heavy atom. The third kappa shape index (κ3) is 3.07. The molecule has 0 aromatic heterocycles. The van der Waals surface area contributed by atoms with Gasteiger partial charge in [-0.3, -0.25) is 9.59 Å². The summed E-state index contributed by atoms with van der Waals surface area (Å²) in [4.78, 5) is 28.9. The number of ether oxygens (including phenoxy) is 1. The van der Waals surface area contributed by atoms with Gasteiger partial charge in [-0.1, -0.05) is 6.92 Å². The van der Waals surface area contributed by atoms with Crippen molar-refractivity contribution in [1.29, 1.82) is 0 Å². The standard InChI is InChI=1S/C16H26N2O3/c1-16(6-10-21-11-7-16)12-17-9-5-14(19)18-8-3-2-4-13(18)15(17)20/h13H,2-12H2,1H3. The molecule has 5 heteroatoms. The molecule has 0 radical (unpaired) electrons. The molecule has 3 fully saturated rings. The van der Waals surface area contributed by atoms with Crippen LogP contribution in [0, 0.1) is 5.41 Å². The summed E-state index contributed by atoms with van der Waals surface area (Å²) in [7, 11) is 0. The Labute approximate surface area is 126 Å². The molecule has 0 aromatic carbocycles. The quantitative estimate of drug-likeness (QED) is 0.774. The molecule has 0 saturated carbocycles. The molecule has 118 valence electrons. The van der Waals surface area contributed by atoms with Gasteiger partial charge in [0, 0.05) is 39.3 Å². The first-order valence-electron chi connectivity index (χ1n) is 8.25. The van der Waals surface area contributed by atoms with Gasteiger partial charge in [-0.2, -0.15) is 0 Å². The molecule has 0 spiro atoms. The first-order valence-corrected chi connectivity index (χ1v) is 8.25. The molecule has 2 amide bonds. The minimum absolute atomic E-state index is 0.140. The van der Waals surface area contributed by atoms with Crippen LogP contribution in [-0.4, -0.2) is 60.5 Å². The van der Waals surface area contributed by atoms with E-state index in [1.54, 1.807) is 0 Å². The number of nitrogens with zero attached hydrogens (tertiary/aromatic N) is 2. The van der Waals surface area contributed by atoms with Crippen LogP contribution < -0.4 is 0 Å². The highest BCUT2D eigenvalue weighted by Crippen LogP contribution is 2.32. The number of rotatable bonds is 2. The summed E-state index contributed by atoms with van der Waals surface area (Å²) in [6, 6.07) is -0.197. The van der Waals surface area contributed by atoms with Crippen LogP contribution in [0.3, 0.4) is 0 Å². The fourth-order valence-corrected chi connectivity index (χ4v) is 3.82. The largest absolute Gasteiger partial charge is 0.381 e. The summed E-state index contributed by atoms with van der Waals surface area (Å²) in [6.07, 6.45) is 5.40. The van der Waals surface area contributed by atoms with Crippen molar-refractivity contribution in [2.24, 2.45) is 5.41 Å². The van der Waals surface area contributed by atoms with Crippen LogP contribution in [0.4, 0.5) is 0 Å². The molecule has 0 bridgehead atoms. The summed E-state index contributed by atoms with van der Waals surface area (Å²) >= 11 is 0. The molecule has 0 aromatic rings. The lowest BCUT2D eigenvalue weighted by molar-refractivity contribution is -0.144. The Kier molecular flexibility index (Phi) is 4.20. The number of piperidine rings is 1. The Hall–Kier alpha value is -1.10. The maximum Gasteiger partial charge on any atom is 0.245 e. The van der Waals surface area contributed by atoms with E-state index in [-0.39, 0.29) is 23.3 Å². The highest BCUT2D eigenvalue weighted by molar-refractivity contribution is 5.90. The van der Waals surface area contributed by atoms with Crippen LogP contribution in [0.25, 0.3) is 0 Å². The van der Waals surface area contributed by atoms with Gasteiger partial charge in [0.05, 0.1) is 0 Å². The molecule has 3 aliphatic heterocycles. The fraction of sp³-hybridized carbons (Fsp3) is 0.875.